The summed E-state index contributed by atoms with van der Waals surface area (Å²) in [4.78, 5) is 40.5. The summed E-state index contributed by atoms with van der Waals surface area (Å²) in [6.45, 7) is 0.488. The lowest BCUT2D eigenvalue weighted by atomic mass is 10.1. The Hall–Kier alpha value is -2.21. The number of hydroxylamine groups is 2. The Bertz CT molecular complexity index is 527. The summed E-state index contributed by atoms with van der Waals surface area (Å²) in [7, 11) is 0. The first-order chi connectivity index (χ1) is 9.18. The first-order valence-electron chi connectivity index (χ1n) is 5.99. The molecule has 0 aromatic heterocycles. The highest BCUT2D eigenvalue weighted by molar-refractivity contribution is 6.20. The third-order valence-electron chi connectivity index (χ3n) is 3.13. The number of rotatable bonds is 2. The van der Waals surface area contributed by atoms with Crippen molar-refractivity contribution >= 4 is 17.8 Å². The predicted molar refractivity (Wildman–Crippen MR) is 62.0 cm³/mol. The van der Waals surface area contributed by atoms with Gasteiger partial charge in [0.1, 0.15) is 0 Å². The molecule has 1 fully saturated rings. The molecular formula is C13H11NO5. The van der Waals surface area contributed by atoms with E-state index in [1.807, 2.05) is 0 Å². The molecule has 2 aliphatic rings. The summed E-state index contributed by atoms with van der Waals surface area (Å²) in [6, 6.07) is 6.34. The first kappa shape index (κ1) is 11.9. The average Bonchev–Trinajstić information content (AvgIpc) is 3.03. The summed E-state index contributed by atoms with van der Waals surface area (Å²) in [5.41, 5.74) is 0.486. The van der Waals surface area contributed by atoms with Crippen molar-refractivity contribution in [2.24, 2.45) is 0 Å². The Morgan fingerprint density at radius 1 is 1.21 bits per heavy atom. The molecule has 6 nitrogen and oxygen atoms in total. The molecular weight excluding hydrogens is 250 g/mol. The zero-order valence-electron chi connectivity index (χ0n) is 10.00. The van der Waals surface area contributed by atoms with E-state index < -0.39 is 23.9 Å². The van der Waals surface area contributed by atoms with Crippen LogP contribution in [0.4, 0.5) is 0 Å². The Morgan fingerprint density at radius 2 is 1.84 bits per heavy atom. The molecule has 0 spiro atoms. The zero-order chi connectivity index (χ0) is 13.4. The van der Waals surface area contributed by atoms with Gasteiger partial charge in [-0.25, -0.2) is 4.79 Å². The van der Waals surface area contributed by atoms with Crippen LogP contribution in [0.25, 0.3) is 0 Å². The van der Waals surface area contributed by atoms with E-state index in [1.165, 1.54) is 12.1 Å². The Labute approximate surface area is 108 Å². The number of carbonyl (C=O) groups excluding carboxylic acids is 3. The van der Waals surface area contributed by atoms with Gasteiger partial charge in [0.25, 0.3) is 11.8 Å². The third-order valence-corrected chi connectivity index (χ3v) is 3.13. The van der Waals surface area contributed by atoms with E-state index >= 15 is 0 Å². The highest BCUT2D eigenvalue weighted by Gasteiger charge is 2.40. The molecule has 0 aliphatic carbocycles. The topological polar surface area (TPSA) is 72.9 Å². The number of benzene rings is 1. The number of fused-ring (bicyclic) bond motifs is 1. The van der Waals surface area contributed by atoms with Crippen LogP contribution in [0.3, 0.4) is 0 Å². The van der Waals surface area contributed by atoms with E-state index in [1.54, 1.807) is 12.1 Å². The largest absolute Gasteiger partial charge is 0.366 e. The Balaban J connectivity index is 1.78. The molecule has 0 bridgehead atoms. The molecule has 1 unspecified atom stereocenters. The smallest absolute Gasteiger partial charge is 0.361 e. The number of ether oxygens (including phenoxy) is 1. The van der Waals surface area contributed by atoms with E-state index in [9.17, 15) is 14.4 Å². The van der Waals surface area contributed by atoms with Crippen molar-refractivity contribution in [1.29, 1.82) is 0 Å². The fraction of sp³-hybridized carbons (Fsp3) is 0.308. The van der Waals surface area contributed by atoms with Crippen LogP contribution in [0.5, 0.6) is 0 Å². The molecule has 2 heterocycles. The summed E-state index contributed by atoms with van der Waals surface area (Å²) < 4.78 is 5.15. The maximum atomic E-state index is 11.9. The van der Waals surface area contributed by atoms with Gasteiger partial charge in [0.05, 0.1) is 11.1 Å². The Kier molecular flexibility index (Phi) is 2.79. The summed E-state index contributed by atoms with van der Waals surface area (Å²) in [6.07, 6.45) is 0.619. The molecule has 6 heteroatoms. The lowest BCUT2D eigenvalue weighted by Gasteiger charge is -2.15. The molecule has 19 heavy (non-hydrogen) atoms. The maximum absolute atomic E-state index is 11.9. The van der Waals surface area contributed by atoms with Crippen LogP contribution in [0, 0.1) is 0 Å². The molecule has 1 aromatic carbocycles. The van der Waals surface area contributed by atoms with Crippen LogP contribution in [-0.2, 0) is 14.4 Å². The van der Waals surface area contributed by atoms with Gasteiger partial charge in [-0.05, 0) is 25.0 Å². The molecule has 1 atom stereocenters. The minimum atomic E-state index is -0.702. The van der Waals surface area contributed by atoms with Gasteiger partial charge in [0.15, 0.2) is 6.10 Å². The molecule has 1 saturated heterocycles. The first-order valence-corrected chi connectivity index (χ1v) is 5.99. The highest BCUT2D eigenvalue weighted by atomic mass is 16.7. The molecule has 2 aliphatic heterocycles. The summed E-state index contributed by atoms with van der Waals surface area (Å²) >= 11 is 0. The summed E-state index contributed by atoms with van der Waals surface area (Å²) in [5.74, 6) is -1.94. The molecule has 3 rings (SSSR count). The third kappa shape index (κ3) is 1.90. The van der Waals surface area contributed by atoms with Gasteiger partial charge < -0.3 is 9.57 Å². The van der Waals surface area contributed by atoms with E-state index in [0.29, 0.717) is 18.1 Å². The SMILES string of the molecule is O=C(ON1C(=O)c2ccccc2C1=O)C1CCCO1. The average molecular weight is 261 g/mol. The second kappa shape index (κ2) is 4.47. The predicted octanol–water partition coefficient (Wildman–Crippen LogP) is 0.920. The number of hydrogen-bond acceptors (Lipinski definition) is 5. The Morgan fingerprint density at radius 3 is 2.37 bits per heavy atom. The number of carbonyl (C=O) groups is 3. The van der Waals surface area contributed by atoms with Gasteiger partial charge in [-0.1, -0.05) is 17.2 Å². The van der Waals surface area contributed by atoms with Crippen molar-refractivity contribution in [2.75, 3.05) is 6.61 Å². The standard InChI is InChI=1S/C13H11NO5/c15-11-8-4-1-2-5-9(8)12(16)14(11)19-13(17)10-6-3-7-18-10/h1-2,4-5,10H,3,6-7H2. The number of amides is 2. The van der Waals surface area contributed by atoms with Crippen LogP contribution in [0.1, 0.15) is 33.6 Å². The molecule has 98 valence electrons. The summed E-state index contributed by atoms with van der Waals surface area (Å²) in [5, 5.41) is 0.509. The fourth-order valence-electron chi connectivity index (χ4n) is 2.16. The number of imide groups is 1. The van der Waals surface area contributed by atoms with Gasteiger partial charge in [0, 0.05) is 6.61 Å². The fourth-order valence-corrected chi connectivity index (χ4v) is 2.16. The van der Waals surface area contributed by atoms with Gasteiger partial charge in [-0.15, -0.1) is 0 Å². The van der Waals surface area contributed by atoms with Crippen LogP contribution >= 0.6 is 0 Å². The van der Waals surface area contributed by atoms with Crippen LogP contribution in [0.2, 0.25) is 0 Å². The van der Waals surface area contributed by atoms with Crippen molar-refractivity contribution in [1.82, 2.24) is 5.06 Å². The van der Waals surface area contributed by atoms with Crippen LogP contribution in [-0.4, -0.2) is 35.6 Å². The van der Waals surface area contributed by atoms with E-state index in [2.05, 4.69) is 0 Å². The van der Waals surface area contributed by atoms with Crippen molar-refractivity contribution in [3.8, 4) is 0 Å². The molecule has 1 aromatic rings. The van der Waals surface area contributed by atoms with Gasteiger partial charge >= 0.3 is 5.97 Å². The van der Waals surface area contributed by atoms with Gasteiger partial charge in [0.2, 0.25) is 0 Å². The highest BCUT2D eigenvalue weighted by Crippen LogP contribution is 2.24. The van der Waals surface area contributed by atoms with Gasteiger partial charge in [-0.2, -0.15) is 0 Å². The zero-order valence-corrected chi connectivity index (χ0v) is 10.00. The second-order valence-corrected chi connectivity index (χ2v) is 4.36. The quantitative estimate of drug-likeness (QED) is 0.740. The van der Waals surface area contributed by atoms with E-state index in [-0.39, 0.29) is 11.1 Å². The van der Waals surface area contributed by atoms with Crippen LogP contribution in [0.15, 0.2) is 24.3 Å². The van der Waals surface area contributed by atoms with Gasteiger partial charge in [-0.3, -0.25) is 9.59 Å². The molecule has 0 N–H and O–H groups in total. The van der Waals surface area contributed by atoms with E-state index in [0.717, 1.165) is 6.42 Å². The second-order valence-electron chi connectivity index (χ2n) is 4.36. The van der Waals surface area contributed by atoms with Crippen molar-refractivity contribution in [3.05, 3.63) is 35.4 Å². The van der Waals surface area contributed by atoms with Crippen molar-refractivity contribution < 1.29 is 24.0 Å². The lowest BCUT2D eigenvalue weighted by Crippen LogP contribution is -2.36. The van der Waals surface area contributed by atoms with E-state index in [4.69, 9.17) is 9.57 Å². The number of nitrogens with zero attached hydrogens (tertiary/aromatic N) is 1. The van der Waals surface area contributed by atoms with Crippen LogP contribution < -0.4 is 0 Å². The van der Waals surface area contributed by atoms with Crippen molar-refractivity contribution in [3.63, 3.8) is 0 Å². The molecule has 0 radical (unpaired) electrons. The van der Waals surface area contributed by atoms with Crippen molar-refractivity contribution in [2.45, 2.75) is 18.9 Å². The molecule has 0 saturated carbocycles. The number of hydrogen-bond donors (Lipinski definition) is 0. The lowest BCUT2D eigenvalue weighted by molar-refractivity contribution is -0.179. The monoisotopic (exact) mass is 261 g/mol. The molecule has 2 amide bonds. The normalized spacial score (nSPS) is 21.7. The maximum Gasteiger partial charge on any atom is 0.361 e. The minimum absolute atomic E-state index is 0.243. The minimum Gasteiger partial charge on any atom is -0.366 e.